The molecule has 1 heterocycles. The molecule has 6 heteroatoms. The molecule has 1 aromatic heterocycles. The van der Waals surface area contributed by atoms with E-state index in [0.29, 0.717) is 5.69 Å². The number of hydrogen-bond donors (Lipinski definition) is 1. The van der Waals surface area contributed by atoms with Crippen LogP contribution in [0.1, 0.15) is 16.2 Å². The van der Waals surface area contributed by atoms with Crippen LogP contribution < -0.4 is 5.32 Å². The molecule has 0 saturated heterocycles. The molecule has 0 radical (unpaired) electrons. The summed E-state index contributed by atoms with van der Waals surface area (Å²) in [6, 6.07) is 9.19. The molecule has 2 rings (SSSR count). The van der Waals surface area contributed by atoms with Crippen molar-refractivity contribution in [2.24, 2.45) is 0 Å². The lowest BCUT2D eigenvalue weighted by atomic mass is 10.3. The predicted octanol–water partition coefficient (Wildman–Crippen LogP) is 3.41. The Bertz CT molecular complexity index is 598. The van der Waals surface area contributed by atoms with Gasteiger partial charge in [-0.25, -0.2) is 9.97 Å². The summed E-state index contributed by atoms with van der Waals surface area (Å²) in [6.45, 7) is 1.76. The Morgan fingerprint density at radius 1 is 1.32 bits per heavy atom. The molecule has 0 saturated carbocycles. The van der Waals surface area contributed by atoms with Gasteiger partial charge in [0.2, 0.25) is 5.28 Å². The van der Waals surface area contributed by atoms with E-state index in [2.05, 4.69) is 15.3 Å². The first kappa shape index (κ1) is 13.8. The molecule has 0 aliphatic heterocycles. The molecule has 1 amide bonds. The van der Waals surface area contributed by atoms with Gasteiger partial charge in [0.1, 0.15) is 5.69 Å². The van der Waals surface area contributed by atoms with E-state index in [9.17, 15) is 4.79 Å². The van der Waals surface area contributed by atoms with E-state index in [-0.39, 0.29) is 16.9 Å². The molecule has 2 aromatic rings. The van der Waals surface area contributed by atoms with Gasteiger partial charge in [-0.1, -0.05) is 6.07 Å². The monoisotopic (exact) mass is 293 g/mol. The van der Waals surface area contributed by atoms with Crippen molar-refractivity contribution in [1.82, 2.24) is 9.97 Å². The topological polar surface area (TPSA) is 54.9 Å². The van der Waals surface area contributed by atoms with Crippen molar-refractivity contribution in [2.45, 2.75) is 11.8 Å². The fourth-order valence-corrected chi connectivity index (χ4v) is 2.23. The Kier molecular flexibility index (Phi) is 4.39. The number of hydrogen-bond acceptors (Lipinski definition) is 4. The summed E-state index contributed by atoms with van der Waals surface area (Å²) in [4.78, 5) is 21.0. The molecule has 0 atom stereocenters. The van der Waals surface area contributed by atoms with Crippen LogP contribution in [0.3, 0.4) is 0 Å². The first-order chi connectivity index (χ1) is 9.08. The lowest BCUT2D eigenvalue weighted by Crippen LogP contribution is -2.14. The first-order valence-corrected chi connectivity index (χ1v) is 7.15. The van der Waals surface area contributed by atoms with Crippen molar-refractivity contribution >= 4 is 35.0 Å². The molecular formula is C13H12ClN3OS. The predicted molar refractivity (Wildman–Crippen MR) is 78.0 cm³/mol. The Morgan fingerprint density at radius 3 is 2.79 bits per heavy atom. The summed E-state index contributed by atoms with van der Waals surface area (Å²) < 4.78 is 0. The van der Waals surface area contributed by atoms with E-state index < -0.39 is 0 Å². The zero-order valence-electron chi connectivity index (χ0n) is 10.5. The van der Waals surface area contributed by atoms with Crippen LogP contribution in [0.5, 0.6) is 0 Å². The van der Waals surface area contributed by atoms with Crippen molar-refractivity contribution in [3.63, 3.8) is 0 Å². The quantitative estimate of drug-likeness (QED) is 0.696. The van der Waals surface area contributed by atoms with Crippen molar-refractivity contribution in [3.05, 3.63) is 47.0 Å². The largest absolute Gasteiger partial charge is 0.321 e. The minimum atomic E-state index is -0.300. The lowest BCUT2D eigenvalue weighted by molar-refractivity contribution is 0.102. The van der Waals surface area contributed by atoms with Gasteiger partial charge < -0.3 is 5.32 Å². The molecule has 0 aliphatic rings. The number of thioether (sulfide) groups is 1. The number of nitrogens with one attached hydrogen (secondary N) is 1. The van der Waals surface area contributed by atoms with Crippen LogP contribution in [0.15, 0.2) is 35.2 Å². The number of aryl methyl sites for hydroxylation is 1. The molecule has 0 bridgehead atoms. The maximum absolute atomic E-state index is 12.1. The van der Waals surface area contributed by atoms with Crippen LogP contribution in [0.4, 0.5) is 5.69 Å². The Morgan fingerprint density at radius 2 is 2.11 bits per heavy atom. The second-order valence-corrected chi connectivity index (χ2v) is 5.07. The molecule has 0 aliphatic carbocycles. The third-order valence-corrected chi connectivity index (χ3v) is 3.28. The average molecular weight is 294 g/mol. The van der Waals surface area contributed by atoms with Crippen molar-refractivity contribution in [1.29, 1.82) is 0 Å². The summed E-state index contributed by atoms with van der Waals surface area (Å²) >= 11 is 7.35. The van der Waals surface area contributed by atoms with E-state index in [1.807, 2.05) is 30.5 Å². The van der Waals surface area contributed by atoms with Gasteiger partial charge in [-0.3, -0.25) is 4.79 Å². The number of benzene rings is 1. The fourth-order valence-electron chi connectivity index (χ4n) is 1.54. The van der Waals surface area contributed by atoms with Crippen molar-refractivity contribution in [2.75, 3.05) is 11.6 Å². The number of anilines is 1. The van der Waals surface area contributed by atoms with Crippen LogP contribution in [0.2, 0.25) is 5.28 Å². The smallest absolute Gasteiger partial charge is 0.274 e. The minimum Gasteiger partial charge on any atom is -0.321 e. The van der Waals surface area contributed by atoms with Gasteiger partial charge >= 0.3 is 0 Å². The number of rotatable bonds is 3. The zero-order chi connectivity index (χ0) is 13.8. The van der Waals surface area contributed by atoms with Gasteiger partial charge in [0.25, 0.3) is 5.91 Å². The van der Waals surface area contributed by atoms with E-state index >= 15 is 0 Å². The average Bonchev–Trinajstić information content (AvgIpc) is 2.37. The van der Waals surface area contributed by atoms with Gasteiger partial charge in [-0.05, 0) is 49.0 Å². The van der Waals surface area contributed by atoms with E-state index in [1.54, 1.807) is 24.8 Å². The molecule has 0 fully saturated rings. The highest BCUT2D eigenvalue weighted by Gasteiger charge is 2.10. The molecule has 1 aromatic carbocycles. The number of amides is 1. The van der Waals surface area contributed by atoms with Gasteiger partial charge in [-0.15, -0.1) is 11.8 Å². The molecule has 0 spiro atoms. The summed E-state index contributed by atoms with van der Waals surface area (Å²) in [5, 5.41) is 2.86. The lowest BCUT2D eigenvalue weighted by Gasteiger charge is -2.06. The first-order valence-electron chi connectivity index (χ1n) is 5.55. The van der Waals surface area contributed by atoms with Crippen LogP contribution >= 0.6 is 23.4 Å². The summed E-state index contributed by atoms with van der Waals surface area (Å²) in [7, 11) is 0. The van der Waals surface area contributed by atoms with Gasteiger partial charge in [0.15, 0.2) is 0 Å². The van der Waals surface area contributed by atoms with Crippen molar-refractivity contribution < 1.29 is 4.79 Å². The summed E-state index contributed by atoms with van der Waals surface area (Å²) in [6.07, 6.45) is 1.98. The molecular weight excluding hydrogens is 282 g/mol. The maximum atomic E-state index is 12.1. The Balaban J connectivity index is 2.20. The van der Waals surface area contributed by atoms with E-state index in [0.717, 1.165) is 10.6 Å². The van der Waals surface area contributed by atoms with Crippen molar-refractivity contribution in [3.8, 4) is 0 Å². The highest BCUT2D eigenvalue weighted by Crippen LogP contribution is 2.19. The third kappa shape index (κ3) is 3.68. The van der Waals surface area contributed by atoms with Crippen LogP contribution in [0, 0.1) is 6.92 Å². The minimum absolute atomic E-state index is 0.0722. The number of carbonyl (C=O) groups excluding carboxylic acids is 1. The van der Waals surface area contributed by atoms with Gasteiger partial charge in [0.05, 0.1) is 0 Å². The number of nitrogens with zero attached hydrogens (tertiary/aromatic N) is 2. The van der Waals surface area contributed by atoms with Crippen LogP contribution in [0.25, 0.3) is 0 Å². The fraction of sp³-hybridized carbons (Fsp3) is 0.154. The molecule has 98 valence electrons. The highest BCUT2D eigenvalue weighted by atomic mass is 35.5. The second-order valence-electron chi connectivity index (χ2n) is 3.85. The molecule has 0 unspecified atom stereocenters. The zero-order valence-corrected chi connectivity index (χ0v) is 12.0. The molecule has 19 heavy (non-hydrogen) atoms. The highest BCUT2D eigenvalue weighted by molar-refractivity contribution is 7.98. The standard InChI is InChI=1S/C13H12ClN3OS/c1-8-6-11(17-13(14)15-8)12(18)16-9-4-3-5-10(7-9)19-2/h3-7H,1-2H3,(H,16,18). The Hall–Kier alpha value is -1.59. The summed E-state index contributed by atoms with van der Waals surface area (Å²) in [5.41, 5.74) is 1.64. The number of carbonyl (C=O) groups is 1. The summed E-state index contributed by atoms with van der Waals surface area (Å²) in [5.74, 6) is -0.300. The number of halogens is 1. The SMILES string of the molecule is CSc1cccc(NC(=O)c2cc(C)nc(Cl)n2)c1. The van der Waals surface area contributed by atoms with E-state index in [4.69, 9.17) is 11.6 Å². The van der Waals surface area contributed by atoms with Crippen LogP contribution in [-0.4, -0.2) is 22.1 Å². The number of aromatic nitrogens is 2. The normalized spacial score (nSPS) is 10.3. The Labute approximate surface area is 120 Å². The second kappa shape index (κ2) is 6.04. The third-order valence-electron chi connectivity index (χ3n) is 2.39. The van der Waals surface area contributed by atoms with E-state index in [1.165, 1.54) is 0 Å². The van der Waals surface area contributed by atoms with Gasteiger partial charge in [-0.2, -0.15) is 0 Å². The van der Waals surface area contributed by atoms with Crippen LogP contribution in [-0.2, 0) is 0 Å². The van der Waals surface area contributed by atoms with Gasteiger partial charge in [0, 0.05) is 16.3 Å². The maximum Gasteiger partial charge on any atom is 0.274 e. The molecule has 1 N–H and O–H groups in total. The molecule has 4 nitrogen and oxygen atoms in total.